The van der Waals surface area contributed by atoms with Crippen LogP contribution in [-0.2, 0) is 14.4 Å². The first-order chi connectivity index (χ1) is 7.95. The molecule has 1 N–H and O–H groups in total. The fourth-order valence-corrected chi connectivity index (χ4v) is 1.51. The Hall–Kier alpha value is -1.65. The van der Waals surface area contributed by atoms with Gasteiger partial charge in [0, 0.05) is 30.7 Å². The van der Waals surface area contributed by atoms with E-state index in [4.69, 9.17) is 0 Å². The van der Waals surface area contributed by atoms with Gasteiger partial charge in [-0.15, -0.1) is 0 Å². The molecule has 0 aromatic carbocycles. The summed E-state index contributed by atoms with van der Waals surface area (Å²) in [6, 6.07) is 0.118. The predicted molar refractivity (Wildman–Crippen MR) is 63.0 cm³/mol. The van der Waals surface area contributed by atoms with Crippen LogP contribution < -0.4 is 5.32 Å². The van der Waals surface area contributed by atoms with Gasteiger partial charge in [-0.25, -0.2) is 0 Å². The van der Waals surface area contributed by atoms with E-state index >= 15 is 0 Å². The van der Waals surface area contributed by atoms with E-state index in [9.17, 15) is 14.4 Å². The quantitative estimate of drug-likeness (QED) is 0.713. The fraction of sp³-hybridized carbons (Fsp3) is 0.583. The maximum Gasteiger partial charge on any atom is 0.256 e. The van der Waals surface area contributed by atoms with Gasteiger partial charge < -0.3 is 5.32 Å². The van der Waals surface area contributed by atoms with Crippen LogP contribution >= 0.6 is 0 Å². The number of nitrogens with zero attached hydrogens (tertiary/aromatic N) is 1. The van der Waals surface area contributed by atoms with E-state index in [1.54, 1.807) is 6.92 Å². The number of carbonyl (C=O) groups is 3. The van der Waals surface area contributed by atoms with Gasteiger partial charge >= 0.3 is 0 Å². The Morgan fingerprint density at radius 1 is 1.47 bits per heavy atom. The SMILES string of the molecule is CCC(C)NC(=O)CCN1C(=O)C=C(C)C1=O. The minimum absolute atomic E-state index is 0.118. The summed E-state index contributed by atoms with van der Waals surface area (Å²) in [5, 5.41) is 2.79. The molecule has 0 fully saturated rings. The molecule has 1 atom stereocenters. The third kappa shape index (κ3) is 3.41. The van der Waals surface area contributed by atoms with Crippen molar-refractivity contribution in [2.75, 3.05) is 6.54 Å². The van der Waals surface area contributed by atoms with Crippen LogP contribution in [-0.4, -0.2) is 35.2 Å². The molecule has 0 aromatic heterocycles. The van der Waals surface area contributed by atoms with Crippen molar-refractivity contribution in [3.05, 3.63) is 11.6 Å². The van der Waals surface area contributed by atoms with Crippen molar-refractivity contribution >= 4 is 17.7 Å². The maximum absolute atomic E-state index is 11.5. The number of hydrogen-bond donors (Lipinski definition) is 1. The van der Waals surface area contributed by atoms with Crippen molar-refractivity contribution in [1.82, 2.24) is 10.2 Å². The lowest BCUT2D eigenvalue weighted by atomic mass is 10.2. The van der Waals surface area contributed by atoms with Crippen molar-refractivity contribution in [1.29, 1.82) is 0 Å². The second kappa shape index (κ2) is 5.61. The lowest BCUT2D eigenvalue weighted by Crippen LogP contribution is -2.37. The molecule has 0 radical (unpaired) electrons. The summed E-state index contributed by atoms with van der Waals surface area (Å²) in [6.45, 7) is 5.63. The van der Waals surface area contributed by atoms with Crippen LogP contribution in [0.4, 0.5) is 0 Å². The van der Waals surface area contributed by atoms with Gasteiger partial charge in [-0.3, -0.25) is 19.3 Å². The van der Waals surface area contributed by atoms with Gasteiger partial charge in [0.1, 0.15) is 0 Å². The maximum atomic E-state index is 11.5. The van der Waals surface area contributed by atoms with Gasteiger partial charge in [0.25, 0.3) is 11.8 Å². The number of carbonyl (C=O) groups excluding carboxylic acids is 3. The van der Waals surface area contributed by atoms with Gasteiger partial charge in [-0.2, -0.15) is 0 Å². The Morgan fingerprint density at radius 3 is 2.59 bits per heavy atom. The zero-order valence-electron chi connectivity index (χ0n) is 10.4. The topological polar surface area (TPSA) is 66.5 Å². The number of imide groups is 1. The van der Waals surface area contributed by atoms with E-state index in [-0.39, 0.29) is 36.7 Å². The molecule has 1 unspecified atom stereocenters. The van der Waals surface area contributed by atoms with E-state index < -0.39 is 0 Å². The molecule has 3 amide bonds. The standard InChI is InChI=1S/C12H18N2O3/c1-4-9(3)13-10(15)5-6-14-11(16)7-8(2)12(14)17/h7,9H,4-6H2,1-3H3,(H,13,15). The monoisotopic (exact) mass is 238 g/mol. The molecule has 1 heterocycles. The highest BCUT2D eigenvalue weighted by Crippen LogP contribution is 2.11. The Morgan fingerprint density at radius 2 is 2.12 bits per heavy atom. The van der Waals surface area contributed by atoms with Crippen molar-refractivity contribution in [3.63, 3.8) is 0 Å². The van der Waals surface area contributed by atoms with Crippen LogP contribution in [0.25, 0.3) is 0 Å². The Balaban J connectivity index is 2.40. The first-order valence-corrected chi connectivity index (χ1v) is 5.79. The van der Waals surface area contributed by atoms with Crippen molar-refractivity contribution in [3.8, 4) is 0 Å². The lowest BCUT2D eigenvalue weighted by Gasteiger charge is -2.15. The summed E-state index contributed by atoms with van der Waals surface area (Å²) < 4.78 is 0. The molecule has 0 aromatic rings. The van der Waals surface area contributed by atoms with E-state index in [1.807, 2.05) is 13.8 Å². The minimum Gasteiger partial charge on any atom is -0.354 e. The van der Waals surface area contributed by atoms with E-state index in [0.717, 1.165) is 11.3 Å². The van der Waals surface area contributed by atoms with Gasteiger partial charge in [0.05, 0.1) is 0 Å². The van der Waals surface area contributed by atoms with Crippen LogP contribution in [0.1, 0.15) is 33.6 Å². The zero-order chi connectivity index (χ0) is 13.0. The largest absolute Gasteiger partial charge is 0.354 e. The highest BCUT2D eigenvalue weighted by atomic mass is 16.2. The van der Waals surface area contributed by atoms with Crippen molar-refractivity contribution in [2.45, 2.75) is 39.7 Å². The first kappa shape index (κ1) is 13.4. The van der Waals surface area contributed by atoms with E-state index in [0.29, 0.717) is 5.57 Å². The van der Waals surface area contributed by atoms with Gasteiger partial charge in [-0.05, 0) is 20.3 Å². The highest BCUT2D eigenvalue weighted by molar-refractivity contribution is 6.15. The number of nitrogens with one attached hydrogen (secondary N) is 1. The summed E-state index contributed by atoms with van der Waals surface area (Å²) in [7, 11) is 0. The molecule has 0 saturated carbocycles. The summed E-state index contributed by atoms with van der Waals surface area (Å²) in [5.74, 6) is -0.764. The fourth-order valence-electron chi connectivity index (χ4n) is 1.51. The van der Waals surface area contributed by atoms with Crippen molar-refractivity contribution < 1.29 is 14.4 Å². The van der Waals surface area contributed by atoms with Gasteiger partial charge in [0.2, 0.25) is 5.91 Å². The second-order valence-electron chi connectivity index (χ2n) is 4.25. The van der Waals surface area contributed by atoms with Crippen LogP contribution in [0.2, 0.25) is 0 Å². The highest BCUT2D eigenvalue weighted by Gasteiger charge is 2.28. The molecule has 5 heteroatoms. The average Bonchev–Trinajstić information content (AvgIpc) is 2.51. The Labute approximate surface area is 101 Å². The second-order valence-corrected chi connectivity index (χ2v) is 4.25. The van der Waals surface area contributed by atoms with Crippen LogP contribution in [0, 0.1) is 0 Å². The molecule has 1 rings (SSSR count). The third-order valence-corrected chi connectivity index (χ3v) is 2.77. The van der Waals surface area contributed by atoms with E-state index in [1.165, 1.54) is 6.08 Å². The number of amides is 3. The Bertz CT molecular complexity index is 374. The Kier molecular flexibility index (Phi) is 4.43. The molecule has 0 spiro atoms. The lowest BCUT2D eigenvalue weighted by molar-refractivity contribution is -0.137. The summed E-state index contributed by atoms with van der Waals surface area (Å²) in [4.78, 5) is 35.5. The molecule has 5 nitrogen and oxygen atoms in total. The normalized spacial score (nSPS) is 17.1. The van der Waals surface area contributed by atoms with Crippen LogP contribution in [0.3, 0.4) is 0 Å². The van der Waals surface area contributed by atoms with E-state index in [2.05, 4.69) is 5.32 Å². The number of hydrogen-bond acceptors (Lipinski definition) is 3. The van der Waals surface area contributed by atoms with Gasteiger partial charge in [0.15, 0.2) is 0 Å². The molecular formula is C12H18N2O3. The summed E-state index contributed by atoms with van der Waals surface area (Å²) in [6.07, 6.45) is 2.31. The van der Waals surface area contributed by atoms with Crippen molar-refractivity contribution in [2.24, 2.45) is 0 Å². The molecule has 0 bridgehead atoms. The average molecular weight is 238 g/mol. The molecule has 0 aliphatic carbocycles. The predicted octanol–water partition coefficient (Wildman–Crippen LogP) is 0.606. The van der Waals surface area contributed by atoms with Crippen LogP contribution in [0.5, 0.6) is 0 Å². The molecule has 1 aliphatic heterocycles. The van der Waals surface area contributed by atoms with Gasteiger partial charge in [-0.1, -0.05) is 6.92 Å². The summed E-state index contributed by atoms with van der Waals surface area (Å²) in [5.41, 5.74) is 0.428. The first-order valence-electron chi connectivity index (χ1n) is 5.79. The minimum atomic E-state index is -0.330. The molecular weight excluding hydrogens is 220 g/mol. The molecule has 1 aliphatic rings. The molecule has 0 saturated heterocycles. The number of rotatable bonds is 5. The molecule has 17 heavy (non-hydrogen) atoms. The third-order valence-electron chi connectivity index (χ3n) is 2.77. The van der Waals surface area contributed by atoms with Crippen LogP contribution in [0.15, 0.2) is 11.6 Å². The smallest absolute Gasteiger partial charge is 0.256 e. The molecule has 94 valence electrons. The summed E-state index contributed by atoms with van der Waals surface area (Å²) >= 11 is 0. The zero-order valence-corrected chi connectivity index (χ0v) is 10.4.